The molecule has 1 N–H and O–H groups in total. The third-order valence-corrected chi connectivity index (χ3v) is 3.85. The highest BCUT2D eigenvalue weighted by atomic mass is 127. The van der Waals surface area contributed by atoms with Crippen LogP contribution in [0.3, 0.4) is 0 Å². The summed E-state index contributed by atoms with van der Waals surface area (Å²) in [6.07, 6.45) is 0. The Labute approximate surface area is 144 Å². The molecule has 0 saturated heterocycles. The molecule has 0 spiro atoms. The molecule has 116 valence electrons. The third-order valence-electron chi connectivity index (χ3n) is 3.13. The zero-order chi connectivity index (χ0) is 15.9. The van der Waals surface area contributed by atoms with Gasteiger partial charge >= 0.3 is 0 Å². The number of amides is 1. The van der Waals surface area contributed by atoms with Gasteiger partial charge in [0.2, 0.25) is 5.91 Å². The van der Waals surface area contributed by atoms with Crippen LogP contribution in [0, 0.1) is 3.57 Å². The van der Waals surface area contributed by atoms with E-state index in [0.717, 1.165) is 20.6 Å². The molecule has 0 saturated carbocycles. The molecule has 2 aromatic rings. The maximum Gasteiger partial charge on any atom is 0.238 e. The van der Waals surface area contributed by atoms with Crippen LogP contribution in [0.4, 0.5) is 5.69 Å². The van der Waals surface area contributed by atoms with Gasteiger partial charge in [0.1, 0.15) is 5.75 Å². The van der Waals surface area contributed by atoms with E-state index in [2.05, 4.69) is 27.9 Å². The van der Waals surface area contributed by atoms with Gasteiger partial charge in [-0.3, -0.25) is 9.69 Å². The van der Waals surface area contributed by atoms with Crippen molar-refractivity contribution in [2.45, 2.75) is 6.54 Å². The van der Waals surface area contributed by atoms with Crippen molar-refractivity contribution >= 4 is 34.2 Å². The Balaban J connectivity index is 1.86. The van der Waals surface area contributed by atoms with Crippen LogP contribution < -0.4 is 10.1 Å². The number of likely N-dealkylation sites (N-methyl/N-ethyl adjacent to an activating group) is 1. The summed E-state index contributed by atoms with van der Waals surface area (Å²) in [5.74, 6) is 0.806. The highest BCUT2D eigenvalue weighted by Gasteiger charge is 2.08. The van der Waals surface area contributed by atoms with Gasteiger partial charge in [-0.25, -0.2) is 0 Å². The van der Waals surface area contributed by atoms with E-state index in [-0.39, 0.29) is 5.91 Å². The molecule has 0 aliphatic rings. The second-order valence-electron chi connectivity index (χ2n) is 5.08. The number of nitrogens with one attached hydrogen (secondary N) is 1. The lowest BCUT2D eigenvalue weighted by atomic mass is 10.2. The van der Waals surface area contributed by atoms with Crippen LogP contribution in [0.2, 0.25) is 0 Å². The number of carbonyl (C=O) groups excluding carboxylic acids is 1. The van der Waals surface area contributed by atoms with Crippen molar-refractivity contribution in [3.8, 4) is 5.75 Å². The van der Waals surface area contributed by atoms with Crippen molar-refractivity contribution < 1.29 is 9.53 Å². The van der Waals surface area contributed by atoms with E-state index in [1.165, 1.54) is 0 Å². The molecule has 0 aliphatic carbocycles. The number of halogens is 1. The minimum Gasteiger partial charge on any atom is -0.497 e. The van der Waals surface area contributed by atoms with Crippen molar-refractivity contribution in [1.82, 2.24) is 4.90 Å². The average Bonchev–Trinajstić information content (AvgIpc) is 2.49. The summed E-state index contributed by atoms with van der Waals surface area (Å²) in [5.41, 5.74) is 1.93. The van der Waals surface area contributed by atoms with E-state index >= 15 is 0 Å². The van der Waals surface area contributed by atoms with Crippen molar-refractivity contribution in [3.05, 3.63) is 57.7 Å². The fourth-order valence-electron chi connectivity index (χ4n) is 2.12. The molecule has 0 fully saturated rings. The molecule has 0 unspecified atom stereocenters. The first kappa shape index (κ1) is 16.8. The van der Waals surface area contributed by atoms with Crippen molar-refractivity contribution in [1.29, 1.82) is 0 Å². The number of hydrogen-bond acceptors (Lipinski definition) is 3. The first-order valence-corrected chi connectivity index (χ1v) is 8.01. The molecule has 2 rings (SSSR count). The normalized spacial score (nSPS) is 10.5. The lowest BCUT2D eigenvalue weighted by molar-refractivity contribution is -0.117. The minimum atomic E-state index is -0.0217. The summed E-state index contributed by atoms with van der Waals surface area (Å²) < 4.78 is 6.35. The molecule has 4 nitrogen and oxygen atoms in total. The maximum absolute atomic E-state index is 12.0. The fraction of sp³-hybridized carbons (Fsp3) is 0.235. The zero-order valence-corrected chi connectivity index (χ0v) is 14.8. The van der Waals surface area contributed by atoms with Crippen LogP contribution in [-0.4, -0.2) is 31.5 Å². The Morgan fingerprint density at radius 3 is 2.64 bits per heavy atom. The molecule has 5 heteroatoms. The molecule has 0 aliphatic heterocycles. The predicted molar refractivity (Wildman–Crippen MR) is 97.1 cm³/mol. The molecular formula is C17H19IN2O2. The molecule has 0 aromatic heterocycles. The highest BCUT2D eigenvalue weighted by molar-refractivity contribution is 14.1. The van der Waals surface area contributed by atoms with Gasteiger partial charge in [0, 0.05) is 15.8 Å². The lowest BCUT2D eigenvalue weighted by Crippen LogP contribution is -2.29. The molecule has 0 radical (unpaired) electrons. The molecule has 22 heavy (non-hydrogen) atoms. The second kappa shape index (κ2) is 8.14. The third kappa shape index (κ3) is 5.31. The van der Waals surface area contributed by atoms with Gasteiger partial charge in [0.15, 0.2) is 0 Å². The predicted octanol–water partition coefficient (Wildman–Crippen LogP) is 3.37. The topological polar surface area (TPSA) is 41.6 Å². The number of methoxy groups -OCH3 is 1. The number of ether oxygens (including phenoxy) is 1. The summed E-state index contributed by atoms with van der Waals surface area (Å²) in [5, 5.41) is 2.90. The van der Waals surface area contributed by atoms with Gasteiger partial charge in [0.05, 0.1) is 13.7 Å². The molecule has 1 amide bonds. The van der Waals surface area contributed by atoms with E-state index in [0.29, 0.717) is 13.1 Å². The molecule has 0 atom stereocenters. The second-order valence-corrected chi connectivity index (χ2v) is 6.32. The smallest absolute Gasteiger partial charge is 0.238 e. The molecule has 0 bridgehead atoms. The molecular weight excluding hydrogens is 391 g/mol. The average molecular weight is 410 g/mol. The van der Waals surface area contributed by atoms with Gasteiger partial charge in [-0.1, -0.05) is 12.1 Å². The Bertz CT molecular complexity index is 629. The number of hydrogen-bond donors (Lipinski definition) is 1. The minimum absolute atomic E-state index is 0.0217. The van der Waals surface area contributed by atoms with Crippen LogP contribution in [0.15, 0.2) is 48.5 Å². The zero-order valence-electron chi connectivity index (χ0n) is 12.7. The summed E-state index contributed by atoms with van der Waals surface area (Å²) >= 11 is 2.24. The Morgan fingerprint density at radius 1 is 1.23 bits per heavy atom. The van der Waals surface area contributed by atoms with Crippen molar-refractivity contribution in [2.24, 2.45) is 0 Å². The van der Waals surface area contributed by atoms with E-state index in [1.54, 1.807) is 7.11 Å². The van der Waals surface area contributed by atoms with Crippen LogP contribution in [-0.2, 0) is 11.3 Å². The lowest BCUT2D eigenvalue weighted by Gasteiger charge is -2.16. The largest absolute Gasteiger partial charge is 0.497 e. The molecule has 0 heterocycles. The summed E-state index contributed by atoms with van der Waals surface area (Å²) in [6, 6.07) is 15.6. The van der Waals surface area contributed by atoms with Gasteiger partial charge in [0.25, 0.3) is 0 Å². The first-order chi connectivity index (χ1) is 10.6. The van der Waals surface area contributed by atoms with Gasteiger partial charge in [-0.2, -0.15) is 0 Å². The van der Waals surface area contributed by atoms with Crippen LogP contribution in [0.5, 0.6) is 5.75 Å². The summed E-state index contributed by atoms with van der Waals surface area (Å²) in [4.78, 5) is 14.0. The quantitative estimate of drug-likeness (QED) is 0.743. The number of nitrogens with zero attached hydrogens (tertiary/aromatic N) is 1. The Kier molecular flexibility index (Phi) is 6.21. The number of anilines is 1. The number of rotatable bonds is 6. The van der Waals surface area contributed by atoms with Gasteiger partial charge in [-0.15, -0.1) is 0 Å². The van der Waals surface area contributed by atoms with Gasteiger partial charge in [-0.05, 0) is 71.6 Å². The van der Waals surface area contributed by atoms with Crippen LogP contribution in [0.25, 0.3) is 0 Å². The molecule has 2 aromatic carbocycles. The van der Waals surface area contributed by atoms with Crippen molar-refractivity contribution in [3.63, 3.8) is 0 Å². The van der Waals surface area contributed by atoms with Crippen LogP contribution >= 0.6 is 22.6 Å². The van der Waals surface area contributed by atoms with Gasteiger partial charge < -0.3 is 10.1 Å². The van der Waals surface area contributed by atoms with E-state index in [4.69, 9.17) is 4.74 Å². The van der Waals surface area contributed by atoms with Crippen LogP contribution in [0.1, 0.15) is 5.56 Å². The fourth-order valence-corrected chi connectivity index (χ4v) is 2.48. The maximum atomic E-state index is 12.0. The standard InChI is InChI=1S/C17H19IN2O2/c1-20(11-13-4-3-5-16(10-13)22-2)12-17(21)19-15-8-6-14(18)7-9-15/h3-10H,11-12H2,1-2H3,(H,19,21). The summed E-state index contributed by atoms with van der Waals surface area (Å²) in [6.45, 7) is 1.03. The SMILES string of the molecule is COc1cccc(CN(C)CC(=O)Nc2ccc(I)cc2)c1. The number of carbonyl (C=O) groups is 1. The van der Waals surface area contributed by atoms with E-state index in [9.17, 15) is 4.79 Å². The first-order valence-electron chi connectivity index (χ1n) is 6.93. The number of benzene rings is 2. The van der Waals surface area contributed by atoms with E-state index < -0.39 is 0 Å². The monoisotopic (exact) mass is 410 g/mol. The summed E-state index contributed by atoms with van der Waals surface area (Å²) in [7, 11) is 3.57. The highest BCUT2D eigenvalue weighted by Crippen LogP contribution is 2.14. The Hall–Kier alpha value is -1.60. The van der Waals surface area contributed by atoms with Crippen molar-refractivity contribution in [2.75, 3.05) is 26.0 Å². The van der Waals surface area contributed by atoms with E-state index in [1.807, 2.05) is 60.5 Å². The Morgan fingerprint density at radius 2 is 1.95 bits per heavy atom.